The molecule has 1 saturated heterocycles. The summed E-state index contributed by atoms with van der Waals surface area (Å²) in [6, 6.07) is 3.78. The molecule has 1 amide bonds. The molecule has 0 aliphatic carbocycles. The summed E-state index contributed by atoms with van der Waals surface area (Å²) in [5.41, 5.74) is 11.6. The topological polar surface area (TPSA) is 94.5 Å². The molecule has 0 spiro atoms. The Labute approximate surface area is 106 Å². The Hall–Kier alpha value is -1.98. The van der Waals surface area contributed by atoms with Gasteiger partial charge in [0, 0.05) is 13.1 Å². The van der Waals surface area contributed by atoms with Crippen LogP contribution in [0.3, 0.4) is 0 Å². The molecule has 0 aromatic carbocycles. The van der Waals surface area contributed by atoms with Gasteiger partial charge in [-0.1, -0.05) is 0 Å². The van der Waals surface area contributed by atoms with E-state index in [9.17, 15) is 4.79 Å². The van der Waals surface area contributed by atoms with Gasteiger partial charge in [0.25, 0.3) is 0 Å². The lowest BCUT2D eigenvalue weighted by molar-refractivity contribution is 0.129. The molecule has 0 bridgehead atoms. The number of rotatable bonds is 3. The summed E-state index contributed by atoms with van der Waals surface area (Å²) < 4.78 is 4.83. The van der Waals surface area contributed by atoms with Gasteiger partial charge in [-0.15, -0.1) is 0 Å². The third kappa shape index (κ3) is 3.26. The summed E-state index contributed by atoms with van der Waals surface area (Å²) in [4.78, 5) is 16.9. The number of anilines is 2. The molecule has 0 radical (unpaired) electrons. The Kier molecular flexibility index (Phi) is 3.86. The van der Waals surface area contributed by atoms with Gasteiger partial charge in [0.15, 0.2) is 0 Å². The highest BCUT2D eigenvalue weighted by atomic mass is 16.5. The standard InChI is InChI=1S/C12H18N4O2/c13-11-2-1-10(7-15-11)16-5-3-9(4-6-16)8-18-12(14)17/h1-2,7,9H,3-6,8H2,(H2,13,15)(H2,14,17). The minimum atomic E-state index is -0.694. The zero-order valence-electron chi connectivity index (χ0n) is 10.2. The Bertz CT molecular complexity index is 399. The van der Waals surface area contributed by atoms with Crippen molar-refractivity contribution in [2.45, 2.75) is 12.8 Å². The van der Waals surface area contributed by atoms with Gasteiger partial charge in [0.05, 0.1) is 18.5 Å². The predicted molar refractivity (Wildman–Crippen MR) is 69.1 cm³/mol. The van der Waals surface area contributed by atoms with Crippen LogP contribution in [0.25, 0.3) is 0 Å². The van der Waals surface area contributed by atoms with E-state index < -0.39 is 6.09 Å². The minimum absolute atomic E-state index is 0.399. The lowest BCUT2D eigenvalue weighted by Crippen LogP contribution is -2.35. The van der Waals surface area contributed by atoms with E-state index in [2.05, 4.69) is 9.88 Å². The maximum atomic E-state index is 10.5. The molecule has 98 valence electrons. The normalized spacial score (nSPS) is 16.6. The SMILES string of the molecule is NC(=O)OCC1CCN(c2ccc(N)nc2)CC1. The number of hydrogen-bond acceptors (Lipinski definition) is 5. The molecule has 0 saturated carbocycles. The highest BCUT2D eigenvalue weighted by Crippen LogP contribution is 2.23. The average Bonchev–Trinajstić information content (AvgIpc) is 2.38. The highest BCUT2D eigenvalue weighted by Gasteiger charge is 2.20. The zero-order valence-corrected chi connectivity index (χ0v) is 10.2. The van der Waals surface area contributed by atoms with E-state index in [1.807, 2.05) is 6.07 Å². The van der Waals surface area contributed by atoms with Crippen molar-refractivity contribution in [2.75, 3.05) is 30.3 Å². The summed E-state index contributed by atoms with van der Waals surface area (Å²) in [5.74, 6) is 0.930. The van der Waals surface area contributed by atoms with Crippen LogP contribution in [0.4, 0.5) is 16.3 Å². The molecule has 6 nitrogen and oxygen atoms in total. The first-order chi connectivity index (χ1) is 8.65. The van der Waals surface area contributed by atoms with Crippen LogP contribution in [-0.2, 0) is 4.74 Å². The van der Waals surface area contributed by atoms with Gasteiger partial charge in [-0.25, -0.2) is 9.78 Å². The molecule has 2 rings (SSSR count). The van der Waals surface area contributed by atoms with Crippen molar-refractivity contribution in [1.82, 2.24) is 4.98 Å². The highest BCUT2D eigenvalue weighted by molar-refractivity contribution is 5.64. The minimum Gasteiger partial charge on any atom is -0.449 e. The third-order valence-corrected chi connectivity index (χ3v) is 3.21. The number of carbonyl (C=O) groups excluding carboxylic acids is 1. The van der Waals surface area contributed by atoms with Gasteiger partial charge in [-0.3, -0.25) is 0 Å². The Morgan fingerprint density at radius 1 is 1.44 bits per heavy atom. The predicted octanol–water partition coefficient (Wildman–Crippen LogP) is 0.975. The first-order valence-electron chi connectivity index (χ1n) is 6.04. The van der Waals surface area contributed by atoms with Crippen molar-refractivity contribution in [2.24, 2.45) is 11.7 Å². The summed E-state index contributed by atoms with van der Waals surface area (Å²) in [6.45, 7) is 2.28. The number of aromatic nitrogens is 1. The molecule has 0 atom stereocenters. The maximum Gasteiger partial charge on any atom is 0.404 e. The molecule has 1 aromatic heterocycles. The average molecular weight is 250 g/mol. The van der Waals surface area contributed by atoms with Crippen molar-refractivity contribution in [3.63, 3.8) is 0 Å². The van der Waals surface area contributed by atoms with Crippen LogP contribution in [0.1, 0.15) is 12.8 Å². The fraction of sp³-hybridized carbons (Fsp3) is 0.500. The van der Waals surface area contributed by atoms with Crippen molar-refractivity contribution in [3.8, 4) is 0 Å². The first-order valence-corrected chi connectivity index (χ1v) is 6.04. The van der Waals surface area contributed by atoms with E-state index in [4.69, 9.17) is 16.2 Å². The number of nitrogen functional groups attached to an aromatic ring is 1. The van der Waals surface area contributed by atoms with Crippen LogP contribution >= 0.6 is 0 Å². The molecule has 1 fully saturated rings. The smallest absolute Gasteiger partial charge is 0.404 e. The number of ether oxygens (including phenoxy) is 1. The Morgan fingerprint density at radius 3 is 2.72 bits per heavy atom. The largest absolute Gasteiger partial charge is 0.449 e. The van der Waals surface area contributed by atoms with Crippen molar-refractivity contribution >= 4 is 17.6 Å². The quantitative estimate of drug-likeness (QED) is 0.833. The van der Waals surface area contributed by atoms with Crippen LogP contribution in [0.5, 0.6) is 0 Å². The van der Waals surface area contributed by atoms with Crippen LogP contribution in [0, 0.1) is 5.92 Å². The van der Waals surface area contributed by atoms with E-state index in [-0.39, 0.29) is 0 Å². The number of nitrogens with two attached hydrogens (primary N) is 2. The number of amides is 1. The molecular weight excluding hydrogens is 232 g/mol. The fourth-order valence-corrected chi connectivity index (χ4v) is 2.14. The summed E-state index contributed by atoms with van der Waals surface area (Å²) in [5, 5.41) is 0. The van der Waals surface area contributed by atoms with E-state index in [0.717, 1.165) is 31.6 Å². The molecule has 4 N–H and O–H groups in total. The Morgan fingerprint density at radius 2 is 2.17 bits per heavy atom. The number of hydrogen-bond donors (Lipinski definition) is 2. The van der Waals surface area contributed by atoms with Crippen molar-refractivity contribution in [1.29, 1.82) is 0 Å². The molecule has 0 unspecified atom stereocenters. The molecular formula is C12H18N4O2. The van der Waals surface area contributed by atoms with Crippen LogP contribution in [0.2, 0.25) is 0 Å². The third-order valence-electron chi connectivity index (χ3n) is 3.21. The van der Waals surface area contributed by atoms with Crippen LogP contribution in [0.15, 0.2) is 18.3 Å². The van der Waals surface area contributed by atoms with E-state index in [1.54, 1.807) is 12.3 Å². The lowest BCUT2D eigenvalue weighted by Gasteiger charge is -2.33. The fourth-order valence-electron chi connectivity index (χ4n) is 2.14. The maximum absolute atomic E-state index is 10.5. The molecule has 18 heavy (non-hydrogen) atoms. The first kappa shape index (κ1) is 12.5. The van der Waals surface area contributed by atoms with E-state index in [0.29, 0.717) is 18.3 Å². The Balaban J connectivity index is 1.83. The number of piperidine rings is 1. The molecule has 1 aliphatic heterocycles. The number of nitrogens with zero attached hydrogens (tertiary/aromatic N) is 2. The van der Waals surface area contributed by atoms with Crippen LogP contribution in [-0.4, -0.2) is 30.8 Å². The van der Waals surface area contributed by atoms with Gasteiger partial charge in [-0.2, -0.15) is 0 Å². The zero-order chi connectivity index (χ0) is 13.0. The molecule has 2 heterocycles. The van der Waals surface area contributed by atoms with Crippen molar-refractivity contribution < 1.29 is 9.53 Å². The number of pyridine rings is 1. The molecule has 1 aromatic rings. The van der Waals surface area contributed by atoms with Gasteiger partial charge >= 0.3 is 6.09 Å². The van der Waals surface area contributed by atoms with E-state index in [1.165, 1.54) is 0 Å². The monoisotopic (exact) mass is 250 g/mol. The van der Waals surface area contributed by atoms with Gasteiger partial charge < -0.3 is 21.1 Å². The van der Waals surface area contributed by atoms with Crippen LogP contribution < -0.4 is 16.4 Å². The number of carbonyl (C=O) groups is 1. The second-order valence-corrected chi connectivity index (χ2v) is 4.50. The van der Waals surface area contributed by atoms with Gasteiger partial charge in [0.1, 0.15) is 5.82 Å². The summed E-state index contributed by atoms with van der Waals surface area (Å²) in [6.07, 6.45) is 3.06. The van der Waals surface area contributed by atoms with Gasteiger partial charge in [0.2, 0.25) is 0 Å². The molecule has 6 heteroatoms. The van der Waals surface area contributed by atoms with Gasteiger partial charge in [-0.05, 0) is 30.9 Å². The van der Waals surface area contributed by atoms with Crippen molar-refractivity contribution in [3.05, 3.63) is 18.3 Å². The summed E-state index contributed by atoms with van der Waals surface area (Å²) in [7, 11) is 0. The second kappa shape index (κ2) is 5.57. The summed E-state index contributed by atoms with van der Waals surface area (Å²) >= 11 is 0. The second-order valence-electron chi connectivity index (χ2n) is 4.50. The number of primary amides is 1. The lowest BCUT2D eigenvalue weighted by atomic mass is 9.97. The van der Waals surface area contributed by atoms with E-state index >= 15 is 0 Å². The molecule has 1 aliphatic rings.